The van der Waals surface area contributed by atoms with E-state index in [9.17, 15) is 4.79 Å². The molecule has 5 nitrogen and oxygen atoms in total. The zero-order valence-corrected chi connectivity index (χ0v) is 6.87. The average molecular weight is 163 g/mol. The van der Waals surface area contributed by atoms with Crippen molar-refractivity contribution in [3.63, 3.8) is 0 Å². The second-order valence-corrected chi connectivity index (χ2v) is 1.89. The summed E-state index contributed by atoms with van der Waals surface area (Å²) < 4.78 is 13.8. The summed E-state index contributed by atoms with van der Waals surface area (Å²) in [6, 6.07) is -0.894. The fourth-order valence-electron chi connectivity index (χ4n) is 0.637. The molecule has 0 aromatic heterocycles. The van der Waals surface area contributed by atoms with Gasteiger partial charge in [-0.2, -0.15) is 0 Å². The van der Waals surface area contributed by atoms with E-state index >= 15 is 0 Å². The van der Waals surface area contributed by atoms with Crippen LogP contribution in [0.4, 0.5) is 0 Å². The molecule has 0 radical (unpaired) electrons. The Bertz CT molecular complexity index is 124. The molecule has 0 saturated carbocycles. The average Bonchev–Trinajstić information content (AvgIpc) is 2.05. The lowest BCUT2D eigenvalue weighted by Crippen LogP contribution is -2.44. The molecule has 5 heteroatoms. The maximum atomic E-state index is 10.8. The van der Waals surface area contributed by atoms with Crippen molar-refractivity contribution in [1.29, 1.82) is 0 Å². The zero-order valence-electron chi connectivity index (χ0n) is 6.87. The van der Waals surface area contributed by atoms with Crippen molar-refractivity contribution in [2.24, 2.45) is 5.73 Å². The minimum atomic E-state index is -0.894. The normalized spacial score (nSPS) is 13.2. The van der Waals surface area contributed by atoms with Gasteiger partial charge in [0, 0.05) is 14.2 Å². The van der Waals surface area contributed by atoms with E-state index in [1.54, 1.807) is 0 Å². The predicted molar refractivity (Wildman–Crippen MR) is 37.8 cm³/mol. The number of ether oxygens (including phenoxy) is 3. The van der Waals surface area contributed by atoms with Crippen molar-refractivity contribution in [2.75, 3.05) is 21.3 Å². The van der Waals surface area contributed by atoms with Gasteiger partial charge in [-0.3, -0.25) is 4.79 Å². The number of methoxy groups -OCH3 is 3. The second kappa shape index (κ2) is 5.06. The number of carbonyl (C=O) groups is 1. The Hall–Kier alpha value is -0.650. The van der Waals surface area contributed by atoms with Gasteiger partial charge in [-0.15, -0.1) is 0 Å². The molecule has 0 heterocycles. The third-order valence-electron chi connectivity index (χ3n) is 1.23. The predicted octanol–water partition coefficient (Wildman–Crippen LogP) is -0.894. The van der Waals surface area contributed by atoms with Crippen molar-refractivity contribution in [3.8, 4) is 0 Å². The molecule has 0 unspecified atom stereocenters. The van der Waals surface area contributed by atoms with E-state index in [1.165, 1.54) is 21.3 Å². The quantitative estimate of drug-likeness (QED) is 0.430. The van der Waals surface area contributed by atoms with Crippen LogP contribution in [0.1, 0.15) is 0 Å². The second-order valence-electron chi connectivity index (χ2n) is 1.89. The molecule has 66 valence electrons. The van der Waals surface area contributed by atoms with Crippen LogP contribution >= 0.6 is 0 Å². The molecule has 0 saturated heterocycles. The van der Waals surface area contributed by atoms with E-state index in [-0.39, 0.29) is 0 Å². The van der Waals surface area contributed by atoms with E-state index in [4.69, 9.17) is 15.2 Å². The first-order valence-electron chi connectivity index (χ1n) is 3.06. The minimum Gasteiger partial charge on any atom is -0.468 e. The summed E-state index contributed by atoms with van der Waals surface area (Å²) in [5.74, 6) is -0.557. The molecule has 0 aliphatic heterocycles. The molecule has 0 fully saturated rings. The van der Waals surface area contributed by atoms with Gasteiger partial charge in [0.25, 0.3) is 0 Å². The zero-order chi connectivity index (χ0) is 8.85. The summed E-state index contributed by atoms with van der Waals surface area (Å²) in [7, 11) is 4.05. The Balaban J connectivity index is 3.97. The van der Waals surface area contributed by atoms with Crippen LogP contribution < -0.4 is 5.73 Å². The molecule has 0 amide bonds. The highest BCUT2D eigenvalue weighted by molar-refractivity contribution is 5.75. The van der Waals surface area contributed by atoms with Crippen molar-refractivity contribution >= 4 is 5.97 Å². The van der Waals surface area contributed by atoms with Gasteiger partial charge < -0.3 is 19.9 Å². The van der Waals surface area contributed by atoms with Crippen LogP contribution in [0, 0.1) is 0 Å². The third kappa shape index (κ3) is 2.83. The molecule has 0 aliphatic carbocycles. The van der Waals surface area contributed by atoms with Crippen LogP contribution in [0.3, 0.4) is 0 Å². The van der Waals surface area contributed by atoms with Crippen LogP contribution in [0.15, 0.2) is 0 Å². The Morgan fingerprint density at radius 2 is 1.73 bits per heavy atom. The maximum Gasteiger partial charge on any atom is 0.327 e. The molecule has 0 aromatic rings. The van der Waals surface area contributed by atoms with E-state index in [2.05, 4.69) is 4.74 Å². The van der Waals surface area contributed by atoms with Crippen LogP contribution in [0.2, 0.25) is 0 Å². The van der Waals surface area contributed by atoms with E-state index in [1.807, 2.05) is 0 Å². The third-order valence-corrected chi connectivity index (χ3v) is 1.23. The first-order valence-corrected chi connectivity index (χ1v) is 3.06. The molecule has 0 rings (SSSR count). The monoisotopic (exact) mass is 163 g/mol. The van der Waals surface area contributed by atoms with E-state index < -0.39 is 18.3 Å². The van der Waals surface area contributed by atoms with Crippen molar-refractivity contribution < 1.29 is 19.0 Å². The molecular formula is C6H13NO4. The summed E-state index contributed by atoms with van der Waals surface area (Å²) in [5, 5.41) is 0. The Labute approximate surface area is 65.4 Å². The Morgan fingerprint density at radius 3 is 2.00 bits per heavy atom. The fraction of sp³-hybridized carbons (Fsp3) is 0.833. The Kier molecular flexibility index (Phi) is 4.76. The van der Waals surface area contributed by atoms with Crippen LogP contribution in [0.25, 0.3) is 0 Å². The van der Waals surface area contributed by atoms with Gasteiger partial charge in [0.15, 0.2) is 12.3 Å². The molecule has 0 aliphatic rings. The highest BCUT2D eigenvalue weighted by Crippen LogP contribution is 1.97. The van der Waals surface area contributed by atoms with Crippen molar-refractivity contribution in [2.45, 2.75) is 12.3 Å². The van der Waals surface area contributed by atoms with Crippen molar-refractivity contribution in [3.05, 3.63) is 0 Å². The fourth-order valence-corrected chi connectivity index (χ4v) is 0.637. The standard InChI is InChI=1S/C6H13NO4/c1-9-5(8)4(7)6(10-2)11-3/h4,6H,7H2,1-3H3/t4-/m1/s1. The van der Waals surface area contributed by atoms with E-state index in [0.717, 1.165) is 0 Å². The topological polar surface area (TPSA) is 70.8 Å². The molecule has 0 bridgehead atoms. The van der Waals surface area contributed by atoms with Crippen molar-refractivity contribution in [1.82, 2.24) is 0 Å². The van der Waals surface area contributed by atoms with Gasteiger partial charge in [-0.25, -0.2) is 0 Å². The van der Waals surface area contributed by atoms with Crippen LogP contribution in [-0.4, -0.2) is 39.6 Å². The van der Waals surface area contributed by atoms with E-state index in [0.29, 0.717) is 0 Å². The van der Waals surface area contributed by atoms with Gasteiger partial charge in [0.2, 0.25) is 0 Å². The minimum absolute atomic E-state index is 0.557. The summed E-state index contributed by atoms with van der Waals surface area (Å²) in [5.41, 5.74) is 5.37. The first kappa shape index (κ1) is 10.3. The number of rotatable bonds is 4. The lowest BCUT2D eigenvalue weighted by molar-refractivity contribution is -0.162. The molecule has 11 heavy (non-hydrogen) atoms. The van der Waals surface area contributed by atoms with Gasteiger partial charge in [0.05, 0.1) is 7.11 Å². The molecule has 2 N–H and O–H groups in total. The smallest absolute Gasteiger partial charge is 0.327 e. The van der Waals surface area contributed by atoms with Crippen LogP contribution in [-0.2, 0) is 19.0 Å². The first-order chi connectivity index (χ1) is 5.17. The van der Waals surface area contributed by atoms with Gasteiger partial charge in [-0.05, 0) is 0 Å². The highest BCUT2D eigenvalue weighted by Gasteiger charge is 2.24. The summed E-state index contributed by atoms with van der Waals surface area (Å²) in [4.78, 5) is 10.8. The number of esters is 1. The molecule has 1 atom stereocenters. The summed E-state index contributed by atoms with van der Waals surface area (Å²) in [6.07, 6.45) is -0.748. The van der Waals surface area contributed by atoms with Gasteiger partial charge >= 0.3 is 5.97 Å². The van der Waals surface area contributed by atoms with Gasteiger partial charge in [-0.1, -0.05) is 0 Å². The lowest BCUT2D eigenvalue weighted by atomic mass is 10.3. The lowest BCUT2D eigenvalue weighted by Gasteiger charge is -2.18. The van der Waals surface area contributed by atoms with Crippen LogP contribution in [0.5, 0.6) is 0 Å². The Morgan fingerprint density at radius 1 is 1.27 bits per heavy atom. The molecule has 0 aromatic carbocycles. The molecule has 0 spiro atoms. The SMILES string of the molecule is COC(=O)[C@@H](N)C(OC)OC. The molecular weight excluding hydrogens is 150 g/mol. The largest absolute Gasteiger partial charge is 0.468 e. The van der Waals surface area contributed by atoms with Gasteiger partial charge in [0.1, 0.15) is 0 Å². The highest BCUT2D eigenvalue weighted by atomic mass is 16.7. The summed E-state index contributed by atoms with van der Waals surface area (Å²) >= 11 is 0. The maximum absolute atomic E-state index is 10.8. The number of hydrogen-bond donors (Lipinski definition) is 1. The number of hydrogen-bond acceptors (Lipinski definition) is 5. The number of nitrogens with two attached hydrogens (primary N) is 1. The number of carbonyl (C=O) groups excluding carboxylic acids is 1. The summed E-state index contributed by atoms with van der Waals surface area (Å²) in [6.45, 7) is 0.